The van der Waals surface area contributed by atoms with Crippen LogP contribution in [0.15, 0.2) is 77.9 Å². The number of carbonyl (C=O) groups is 2. The summed E-state index contributed by atoms with van der Waals surface area (Å²) in [5.74, 6) is -0.828. The summed E-state index contributed by atoms with van der Waals surface area (Å²) in [6.07, 6.45) is 3.27. The normalized spacial score (nSPS) is 14.9. The molecule has 0 aliphatic carbocycles. The molecule has 2 aromatic rings. The fourth-order valence-electron chi connectivity index (χ4n) is 2.49. The van der Waals surface area contributed by atoms with Gasteiger partial charge in [-0.15, -0.1) is 6.58 Å². The van der Waals surface area contributed by atoms with Gasteiger partial charge in [-0.05, 0) is 35.9 Å². The maximum atomic E-state index is 13.3. The summed E-state index contributed by atoms with van der Waals surface area (Å²) in [4.78, 5) is 30.7. The van der Waals surface area contributed by atoms with Gasteiger partial charge in [-0.25, -0.2) is 9.38 Å². The van der Waals surface area contributed by atoms with Gasteiger partial charge >= 0.3 is 0 Å². The number of carbonyl (C=O) groups excluding carboxylic acids is 2. The number of amidine groups is 1. The maximum absolute atomic E-state index is 13.3. The average molecular weight is 395 g/mol. The first-order chi connectivity index (χ1) is 13.6. The van der Waals surface area contributed by atoms with Crippen LogP contribution >= 0.6 is 11.8 Å². The molecule has 5 nitrogen and oxygen atoms in total. The van der Waals surface area contributed by atoms with Crippen LogP contribution in [0.5, 0.6) is 0 Å². The fourth-order valence-corrected chi connectivity index (χ4v) is 3.33. The number of nitrogens with one attached hydrogen (secondary N) is 1. The van der Waals surface area contributed by atoms with E-state index in [1.165, 1.54) is 29.2 Å². The summed E-state index contributed by atoms with van der Waals surface area (Å²) < 4.78 is 13.3. The molecule has 0 bridgehead atoms. The maximum Gasteiger partial charge on any atom is 0.283 e. The van der Waals surface area contributed by atoms with Crippen LogP contribution in [0, 0.1) is 5.82 Å². The van der Waals surface area contributed by atoms with Crippen molar-refractivity contribution in [2.24, 2.45) is 4.99 Å². The minimum Gasteiger partial charge on any atom is -0.352 e. The number of nitrogens with zero attached hydrogens (tertiary/aromatic N) is 2. The lowest BCUT2D eigenvalue weighted by atomic mass is 10.2. The van der Waals surface area contributed by atoms with Gasteiger partial charge in [0.15, 0.2) is 5.17 Å². The van der Waals surface area contributed by atoms with Gasteiger partial charge in [0.05, 0.1) is 11.4 Å². The van der Waals surface area contributed by atoms with Crippen LogP contribution in [-0.2, 0) is 9.59 Å². The van der Waals surface area contributed by atoms with Crippen molar-refractivity contribution in [2.75, 3.05) is 17.2 Å². The van der Waals surface area contributed by atoms with Crippen molar-refractivity contribution in [3.05, 3.63) is 84.3 Å². The summed E-state index contributed by atoms with van der Waals surface area (Å²) in [7, 11) is 0. The first-order valence-electron chi connectivity index (χ1n) is 8.54. The Morgan fingerprint density at radius 2 is 1.89 bits per heavy atom. The first-order valence-corrected chi connectivity index (χ1v) is 9.53. The molecule has 1 aliphatic rings. The Morgan fingerprint density at radius 1 is 1.18 bits per heavy atom. The highest BCUT2D eigenvalue weighted by atomic mass is 32.2. The number of benzene rings is 2. The highest BCUT2D eigenvalue weighted by molar-refractivity contribution is 8.14. The standard InChI is InChI=1S/C21H18FN3O2S/c1-2-12-23-19(26)14-28-21-24-18(13-15-6-4-3-5-7-15)20(27)25(21)17-10-8-16(22)9-11-17/h2-11,13H,1,12,14H2,(H,23,26). The van der Waals surface area contributed by atoms with Gasteiger partial charge in [-0.1, -0.05) is 48.2 Å². The van der Waals surface area contributed by atoms with Crippen molar-refractivity contribution in [3.8, 4) is 0 Å². The lowest BCUT2D eigenvalue weighted by molar-refractivity contribution is -0.118. The molecule has 1 aliphatic heterocycles. The third-order valence-electron chi connectivity index (χ3n) is 3.79. The molecule has 0 radical (unpaired) electrons. The molecule has 0 saturated carbocycles. The molecule has 0 fully saturated rings. The predicted octanol–water partition coefficient (Wildman–Crippen LogP) is 3.60. The zero-order chi connectivity index (χ0) is 19.9. The summed E-state index contributed by atoms with van der Waals surface area (Å²) in [6, 6.07) is 14.9. The van der Waals surface area contributed by atoms with Gasteiger partial charge in [0.2, 0.25) is 5.91 Å². The van der Waals surface area contributed by atoms with Crippen LogP contribution in [0.2, 0.25) is 0 Å². The van der Waals surface area contributed by atoms with Gasteiger partial charge in [0.1, 0.15) is 11.5 Å². The van der Waals surface area contributed by atoms with Gasteiger partial charge < -0.3 is 5.32 Å². The van der Waals surface area contributed by atoms with Crippen molar-refractivity contribution in [1.82, 2.24) is 5.32 Å². The van der Waals surface area contributed by atoms with Crippen LogP contribution in [-0.4, -0.2) is 29.3 Å². The van der Waals surface area contributed by atoms with Gasteiger partial charge in [-0.2, -0.15) is 0 Å². The topological polar surface area (TPSA) is 61.8 Å². The van der Waals surface area contributed by atoms with E-state index < -0.39 is 5.82 Å². The van der Waals surface area contributed by atoms with E-state index in [0.717, 1.165) is 17.3 Å². The highest BCUT2D eigenvalue weighted by Crippen LogP contribution is 2.29. The number of anilines is 1. The second kappa shape index (κ2) is 9.14. The molecule has 3 rings (SSSR count). The SMILES string of the molecule is C=CCNC(=O)CSC1=NC(=Cc2ccccc2)C(=O)N1c1ccc(F)cc1. The summed E-state index contributed by atoms with van der Waals surface area (Å²) in [5, 5.41) is 3.05. The number of hydrogen-bond acceptors (Lipinski definition) is 4. The number of halogens is 1. The van der Waals surface area contributed by atoms with Crippen LogP contribution in [0.4, 0.5) is 10.1 Å². The molecule has 142 valence electrons. The Morgan fingerprint density at radius 3 is 2.57 bits per heavy atom. The minimum atomic E-state index is -0.398. The Balaban J connectivity index is 1.87. The molecule has 1 N–H and O–H groups in total. The molecule has 0 atom stereocenters. The molecule has 2 aromatic carbocycles. The van der Waals surface area contributed by atoms with Crippen LogP contribution in [0.3, 0.4) is 0 Å². The van der Waals surface area contributed by atoms with Crippen LogP contribution < -0.4 is 10.2 Å². The Labute approximate surface area is 166 Å². The highest BCUT2D eigenvalue weighted by Gasteiger charge is 2.32. The van der Waals surface area contributed by atoms with Gasteiger partial charge in [0, 0.05) is 6.54 Å². The van der Waals surface area contributed by atoms with Crippen molar-refractivity contribution >= 4 is 40.5 Å². The van der Waals surface area contributed by atoms with E-state index in [4.69, 9.17) is 0 Å². The van der Waals surface area contributed by atoms with E-state index in [1.54, 1.807) is 12.2 Å². The number of aliphatic imine (C=N–C) groups is 1. The molecule has 28 heavy (non-hydrogen) atoms. The minimum absolute atomic E-state index is 0.0935. The molecule has 0 aromatic heterocycles. The van der Waals surface area contributed by atoms with Crippen molar-refractivity contribution in [2.45, 2.75) is 0 Å². The van der Waals surface area contributed by atoms with E-state index >= 15 is 0 Å². The molecular formula is C21H18FN3O2S. The van der Waals surface area contributed by atoms with Crippen molar-refractivity contribution in [1.29, 1.82) is 0 Å². The van der Waals surface area contributed by atoms with Crippen molar-refractivity contribution < 1.29 is 14.0 Å². The summed E-state index contributed by atoms with van der Waals surface area (Å²) in [6.45, 7) is 3.92. The average Bonchev–Trinajstić information content (AvgIpc) is 3.01. The lowest BCUT2D eigenvalue weighted by Gasteiger charge is -2.17. The Bertz CT molecular complexity index is 940. The quantitative estimate of drug-likeness (QED) is 0.600. The second-order valence-electron chi connectivity index (χ2n) is 5.83. The lowest BCUT2D eigenvalue weighted by Crippen LogP contribution is -2.32. The number of hydrogen-bond donors (Lipinski definition) is 1. The molecule has 0 saturated heterocycles. The third-order valence-corrected chi connectivity index (χ3v) is 4.73. The zero-order valence-electron chi connectivity index (χ0n) is 15.0. The monoisotopic (exact) mass is 395 g/mol. The van der Waals surface area contributed by atoms with E-state index in [9.17, 15) is 14.0 Å². The molecular weight excluding hydrogens is 377 g/mol. The summed E-state index contributed by atoms with van der Waals surface area (Å²) in [5.41, 5.74) is 1.58. The second-order valence-corrected chi connectivity index (χ2v) is 6.78. The van der Waals surface area contributed by atoms with E-state index in [2.05, 4.69) is 16.9 Å². The predicted molar refractivity (Wildman–Crippen MR) is 111 cm³/mol. The van der Waals surface area contributed by atoms with E-state index in [-0.39, 0.29) is 23.3 Å². The Kier molecular flexibility index (Phi) is 6.39. The van der Waals surface area contributed by atoms with Crippen LogP contribution in [0.25, 0.3) is 6.08 Å². The largest absolute Gasteiger partial charge is 0.352 e. The number of amides is 2. The molecule has 7 heteroatoms. The van der Waals surface area contributed by atoms with Crippen molar-refractivity contribution in [3.63, 3.8) is 0 Å². The number of rotatable bonds is 6. The zero-order valence-corrected chi connectivity index (χ0v) is 15.8. The van der Waals surface area contributed by atoms with E-state index in [0.29, 0.717) is 17.4 Å². The molecule has 0 spiro atoms. The smallest absolute Gasteiger partial charge is 0.283 e. The number of thioether (sulfide) groups is 1. The van der Waals surface area contributed by atoms with Crippen LogP contribution in [0.1, 0.15) is 5.56 Å². The van der Waals surface area contributed by atoms with Gasteiger partial charge in [-0.3, -0.25) is 14.5 Å². The molecule has 2 amide bonds. The molecule has 1 heterocycles. The fraction of sp³-hybridized carbons (Fsp3) is 0.0952. The third kappa shape index (κ3) is 4.75. The first kappa shape index (κ1) is 19.6. The Hall–Kier alpha value is -3.19. The van der Waals surface area contributed by atoms with E-state index in [1.807, 2.05) is 30.3 Å². The van der Waals surface area contributed by atoms with Gasteiger partial charge in [0.25, 0.3) is 5.91 Å². The molecule has 0 unspecified atom stereocenters. The summed E-state index contributed by atoms with van der Waals surface area (Å²) >= 11 is 1.14.